The number of rotatable bonds is 4. The van der Waals surface area contributed by atoms with Crippen LogP contribution in [0.15, 0.2) is 29.3 Å². The molecule has 0 bridgehead atoms. The third-order valence-corrected chi connectivity index (χ3v) is 4.14. The molecule has 1 fully saturated rings. The molecule has 1 unspecified atom stereocenters. The highest BCUT2D eigenvalue weighted by atomic mass is 16.6. The van der Waals surface area contributed by atoms with E-state index >= 15 is 0 Å². The predicted octanol–water partition coefficient (Wildman–Crippen LogP) is 1.78. The van der Waals surface area contributed by atoms with Gasteiger partial charge in [0.05, 0.1) is 12.6 Å². The van der Waals surface area contributed by atoms with Gasteiger partial charge >= 0.3 is 6.09 Å². The van der Waals surface area contributed by atoms with Crippen LogP contribution in [0, 0.1) is 12.3 Å². The first kappa shape index (κ1) is 22.1. The van der Waals surface area contributed by atoms with Gasteiger partial charge in [-0.1, -0.05) is 12.0 Å². The van der Waals surface area contributed by atoms with E-state index in [9.17, 15) is 9.59 Å². The molecular formula is C21H29N5O3. The topological polar surface area (TPSA) is 95.1 Å². The van der Waals surface area contributed by atoms with Gasteiger partial charge in [-0.25, -0.2) is 4.79 Å². The SMILES string of the molecule is C#Cc1cccc(NC(=O)CNC(=NC)N2CCC(NC(=O)OC(C)(C)C)C2)c1. The zero-order valence-corrected chi connectivity index (χ0v) is 17.4. The summed E-state index contributed by atoms with van der Waals surface area (Å²) >= 11 is 0. The van der Waals surface area contributed by atoms with Crippen LogP contribution in [0.25, 0.3) is 0 Å². The number of benzene rings is 1. The molecule has 29 heavy (non-hydrogen) atoms. The molecule has 3 N–H and O–H groups in total. The van der Waals surface area contributed by atoms with E-state index in [1.54, 1.807) is 31.3 Å². The molecule has 0 aliphatic carbocycles. The van der Waals surface area contributed by atoms with Gasteiger partial charge in [-0.05, 0) is 45.4 Å². The summed E-state index contributed by atoms with van der Waals surface area (Å²) in [5.74, 6) is 2.93. The van der Waals surface area contributed by atoms with Gasteiger partial charge in [0.2, 0.25) is 5.91 Å². The second-order valence-electron chi connectivity index (χ2n) is 7.75. The zero-order valence-electron chi connectivity index (χ0n) is 17.4. The van der Waals surface area contributed by atoms with E-state index in [2.05, 4.69) is 26.9 Å². The number of amides is 2. The van der Waals surface area contributed by atoms with Crippen molar-refractivity contribution in [2.24, 2.45) is 4.99 Å². The Bertz CT molecular complexity index is 807. The van der Waals surface area contributed by atoms with E-state index in [0.29, 0.717) is 30.3 Å². The average Bonchev–Trinajstić information content (AvgIpc) is 3.08. The molecule has 2 rings (SSSR count). The van der Waals surface area contributed by atoms with Gasteiger partial charge in [-0.15, -0.1) is 6.42 Å². The van der Waals surface area contributed by atoms with Crippen molar-refractivity contribution in [3.05, 3.63) is 29.8 Å². The number of nitrogens with one attached hydrogen (secondary N) is 3. The molecular weight excluding hydrogens is 370 g/mol. The lowest BCUT2D eigenvalue weighted by Crippen LogP contribution is -2.45. The van der Waals surface area contributed by atoms with Crippen LogP contribution in [-0.4, -0.2) is 61.2 Å². The first-order valence-corrected chi connectivity index (χ1v) is 9.52. The minimum Gasteiger partial charge on any atom is -0.444 e. The largest absolute Gasteiger partial charge is 0.444 e. The number of nitrogens with zero attached hydrogens (tertiary/aromatic N) is 2. The number of carbonyl (C=O) groups excluding carboxylic acids is 2. The molecule has 8 heteroatoms. The van der Waals surface area contributed by atoms with Crippen molar-refractivity contribution in [1.29, 1.82) is 0 Å². The normalized spacial score (nSPS) is 16.7. The fourth-order valence-electron chi connectivity index (χ4n) is 2.93. The monoisotopic (exact) mass is 399 g/mol. The molecule has 1 heterocycles. The zero-order chi connectivity index (χ0) is 21.4. The highest BCUT2D eigenvalue weighted by molar-refractivity contribution is 5.95. The molecule has 0 spiro atoms. The molecule has 1 aromatic carbocycles. The number of hydrogen-bond donors (Lipinski definition) is 3. The standard InChI is InChI=1S/C21H29N5O3/c1-6-15-8-7-9-16(12-15)24-18(27)13-23-19(22-5)26-11-10-17(14-26)25-20(28)29-21(2,3)4/h1,7-9,12,17H,10-11,13-14H2,2-5H3,(H,22,23)(H,24,27)(H,25,28). The van der Waals surface area contributed by atoms with Crippen molar-refractivity contribution in [2.45, 2.75) is 38.8 Å². The summed E-state index contributed by atoms with van der Waals surface area (Å²) in [5, 5.41) is 8.72. The van der Waals surface area contributed by atoms with E-state index in [-0.39, 0.29) is 18.5 Å². The van der Waals surface area contributed by atoms with E-state index in [1.807, 2.05) is 25.7 Å². The summed E-state index contributed by atoms with van der Waals surface area (Å²) in [4.78, 5) is 30.4. The number of ether oxygens (including phenoxy) is 1. The second-order valence-corrected chi connectivity index (χ2v) is 7.75. The molecule has 1 saturated heterocycles. The molecule has 8 nitrogen and oxygen atoms in total. The van der Waals surface area contributed by atoms with Crippen molar-refractivity contribution in [3.63, 3.8) is 0 Å². The molecule has 1 aromatic rings. The van der Waals surface area contributed by atoms with Crippen LogP contribution in [0.4, 0.5) is 10.5 Å². The minimum atomic E-state index is -0.535. The number of hydrogen-bond acceptors (Lipinski definition) is 4. The first-order valence-electron chi connectivity index (χ1n) is 9.52. The Hall–Kier alpha value is -3.21. The molecule has 1 aliphatic heterocycles. The van der Waals surface area contributed by atoms with Gasteiger partial charge in [0, 0.05) is 31.4 Å². The number of terminal acetylenes is 1. The van der Waals surface area contributed by atoms with Gasteiger partial charge in [0.1, 0.15) is 5.60 Å². The van der Waals surface area contributed by atoms with Crippen LogP contribution in [-0.2, 0) is 9.53 Å². The first-order chi connectivity index (χ1) is 13.7. The number of carbonyl (C=O) groups is 2. The number of guanidine groups is 1. The molecule has 1 aliphatic rings. The fourth-order valence-corrected chi connectivity index (χ4v) is 2.93. The number of aliphatic imine (C=N–C) groups is 1. The predicted molar refractivity (Wildman–Crippen MR) is 114 cm³/mol. The van der Waals surface area contributed by atoms with Gasteiger partial charge in [0.15, 0.2) is 5.96 Å². The molecule has 156 valence electrons. The number of likely N-dealkylation sites (tertiary alicyclic amines) is 1. The van der Waals surface area contributed by atoms with E-state index < -0.39 is 11.7 Å². The van der Waals surface area contributed by atoms with Crippen molar-refractivity contribution in [2.75, 3.05) is 32.0 Å². The highest BCUT2D eigenvalue weighted by Crippen LogP contribution is 2.12. The Morgan fingerprint density at radius 1 is 1.38 bits per heavy atom. The third-order valence-electron chi connectivity index (χ3n) is 4.14. The highest BCUT2D eigenvalue weighted by Gasteiger charge is 2.28. The summed E-state index contributed by atoms with van der Waals surface area (Å²) in [6.07, 6.45) is 5.72. The molecule has 2 amide bonds. The van der Waals surface area contributed by atoms with Gasteiger partial charge in [-0.3, -0.25) is 9.79 Å². The Balaban J connectivity index is 1.81. The van der Waals surface area contributed by atoms with Crippen LogP contribution in [0.5, 0.6) is 0 Å². The smallest absolute Gasteiger partial charge is 0.407 e. The quantitative estimate of drug-likeness (QED) is 0.408. The van der Waals surface area contributed by atoms with E-state index in [1.165, 1.54) is 0 Å². The average molecular weight is 399 g/mol. The van der Waals surface area contributed by atoms with Crippen LogP contribution < -0.4 is 16.0 Å². The third kappa shape index (κ3) is 7.37. The Morgan fingerprint density at radius 2 is 2.14 bits per heavy atom. The maximum absolute atomic E-state index is 12.2. The van der Waals surface area contributed by atoms with Crippen LogP contribution >= 0.6 is 0 Å². The van der Waals surface area contributed by atoms with Gasteiger partial charge < -0.3 is 25.6 Å². The Labute approximate surface area is 172 Å². The lowest BCUT2D eigenvalue weighted by molar-refractivity contribution is -0.115. The van der Waals surface area contributed by atoms with Crippen LogP contribution in [0.2, 0.25) is 0 Å². The maximum Gasteiger partial charge on any atom is 0.407 e. The summed E-state index contributed by atoms with van der Waals surface area (Å²) in [5.41, 5.74) is 0.810. The molecule has 0 radical (unpaired) electrons. The number of anilines is 1. The second kappa shape index (κ2) is 9.82. The summed E-state index contributed by atoms with van der Waals surface area (Å²) in [7, 11) is 1.66. The van der Waals surface area contributed by atoms with Crippen molar-refractivity contribution in [3.8, 4) is 12.3 Å². The van der Waals surface area contributed by atoms with Crippen molar-refractivity contribution >= 4 is 23.6 Å². The Kier molecular flexibility index (Phi) is 7.48. The van der Waals surface area contributed by atoms with Crippen LogP contribution in [0.1, 0.15) is 32.8 Å². The lowest BCUT2D eigenvalue weighted by atomic mass is 10.2. The molecule has 1 atom stereocenters. The van der Waals surface area contributed by atoms with Gasteiger partial charge in [-0.2, -0.15) is 0 Å². The number of alkyl carbamates (subject to hydrolysis) is 1. The minimum absolute atomic E-state index is 0.0382. The summed E-state index contributed by atoms with van der Waals surface area (Å²) in [6, 6.07) is 7.06. The lowest BCUT2D eigenvalue weighted by Gasteiger charge is -2.23. The summed E-state index contributed by atoms with van der Waals surface area (Å²) in [6.45, 7) is 6.84. The molecule has 0 aromatic heterocycles. The van der Waals surface area contributed by atoms with Crippen LogP contribution in [0.3, 0.4) is 0 Å². The summed E-state index contributed by atoms with van der Waals surface area (Å²) < 4.78 is 5.29. The molecule has 0 saturated carbocycles. The maximum atomic E-state index is 12.2. The van der Waals surface area contributed by atoms with E-state index in [4.69, 9.17) is 11.2 Å². The Morgan fingerprint density at radius 3 is 2.79 bits per heavy atom. The van der Waals surface area contributed by atoms with Gasteiger partial charge in [0.25, 0.3) is 0 Å². The van der Waals surface area contributed by atoms with Crippen molar-refractivity contribution < 1.29 is 14.3 Å². The van der Waals surface area contributed by atoms with Crippen molar-refractivity contribution in [1.82, 2.24) is 15.5 Å². The fraction of sp³-hybridized carbons (Fsp3) is 0.476. The van der Waals surface area contributed by atoms with E-state index in [0.717, 1.165) is 6.42 Å².